The Balaban J connectivity index is 1.28. The molecular weight excluding hydrogens is 520 g/mol. The second-order valence-electron chi connectivity index (χ2n) is 9.99. The van der Waals surface area contributed by atoms with E-state index in [9.17, 15) is 24.3 Å². The Kier molecular flexibility index (Phi) is 8.49. The number of carboxylic acid groups (broad SMARTS) is 1. The predicted molar refractivity (Wildman–Crippen MR) is 141 cm³/mol. The molecule has 1 atom stereocenters. The number of fused-ring (bicyclic) bond motifs is 1. The normalized spacial score (nSPS) is 13.6. The van der Waals surface area contributed by atoms with Gasteiger partial charge in [-0.1, -0.05) is 24.3 Å². The number of nitrogens with one attached hydrogen (secondary N) is 1. The highest BCUT2D eigenvalue weighted by molar-refractivity contribution is 6.20. The summed E-state index contributed by atoms with van der Waals surface area (Å²) < 4.78 is 12.5. The third-order valence-corrected chi connectivity index (χ3v) is 5.72. The first kappa shape index (κ1) is 28.3. The van der Waals surface area contributed by atoms with Gasteiger partial charge in [0.15, 0.2) is 0 Å². The van der Waals surface area contributed by atoms with Gasteiger partial charge in [-0.25, -0.2) is 9.59 Å². The number of ether oxygens (including phenoxy) is 2. The van der Waals surface area contributed by atoms with Crippen LogP contribution >= 0.6 is 0 Å². The van der Waals surface area contributed by atoms with Gasteiger partial charge < -0.3 is 19.9 Å². The molecule has 1 unspecified atom stereocenters. The number of aromatic nitrogens is 2. The number of hydroxylamine groups is 2. The Hall–Kier alpha value is -4.71. The van der Waals surface area contributed by atoms with Crippen LogP contribution in [0.5, 0.6) is 5.75 Å². The maximum atomic E-state index is 12.4. The minimum absolute atomic E-state index is 0.191. The number of imide groups is 1. The van der Waals surface area contributed by atoms with E-state index in [2.05, 4.69) is 10.4 Å². The SMILES string of the molecule is CC(C)(C)OC(=O)NCCCn1cc(-c2ccc(OC(CON3C(=O)c4ccccc4C3=O)C(=O)O)cc2)cn1. The van der Waals surface area contributed by atoms with Crippen LogP contribution < -0.4 is 10.1 Å². The van der Waals surface area contributed by atoms with Crippen LogP contribution in [0.2, 0.25) is 0 Å². The van der Waals surface area contributed by atoms with Crippen LogP contribution in [0.1, 0.15) is 47.9 Å². The molecular formula is C28H30N4O8. The number of nitrogens with zero attached hydrogens (tertiary/aromatic N) is 3. The molecule has 2 aromatic carbocycles. The largest absolute Gasteiger partial charge is 0.478 e. The van der Waals surface area contributed by atoms with Crippen molar-refractivity contribution in [1.82, 2.24) is 20.2 Å². The lowest BCUT2D eigenvalue weighted by atomic mass is 10.1. The highest BCUT2D eigenvalue weighted by Crippen LogP contribution is 2.25. The summed E-state index contributed by atoms with van der Waals surface area (Å²) in [7, 11) is 0. The van der Waals surface area contributed by atoms with Crippen molar-refractivity contribution >= 4 is 23.9 Å². The van der Waals surface area contributed by atoms with Gasteiger partial charge in [0.25, 0.3) is 11.8 Å². The Morgan fingerprint density at radius 1 is 1.00 bits per heavy atom. The van der Waals surface area contributed by atoms with Crippen molar-refractivity contribution in [3.05, 3.63) is 72.1 Å². The predicted octanol–water partition coefficient (Wildman–Crippen LogP) is 3.52. The number of aliphatic carboxylic acids is 1. The highest BCUT2D eigenvalue weighted by Gasteiger charge is 2.37. The molecule has 3 amide bonds. The average molecular weight is 551 g/mol. The zero-order chi connectivity index (χ0) is 28.9. The van der Waals surface area contributed by atoms with Crippen molar-refractivity contribution in [1.29, 1.82) is 0 Å². The third kappa shape index (κ3) is 7.03. The summed E-state index contributed by atoms with van der Waals surface area (Å²) in [6.45, 7) is 5.88. The summed E-state index contributed by atoms with van der Waals surface area (Å²) in [6.07, 6.45) is 2.29. The summed E-state index contributed by atoms with van der Waals surface area (Å²) in [5.74, 6) is -2.37. The van der Waals surface area contributed by atoms with Crippen LogP contribution in [0.4, 0.5) is 4.79 Å². The Labute approximate surface area is 230 Å². The number of carbonyl (C=O) groups is 4. The summed E-state index contributed by atoms with van der Waals surface area (Å²) >= 11 is 0. The van der Waals surface area contributed by atoms with E-state index >= 15 is 0 Å². The lowest BCUT2D eigenvalue weighted by Gasteiger charge is -2.19. The number of aryl methyl sites for hydroxylation is 1. The molecule has 1 aromatic heterocycles. The van der Waals surface area contributed by atoms with E-state index in [4.69, 9.17) is 14.3 Å². The van der Waals surface area contributed by atoms with Crippen molar-refractivity contribution in [2.45, 2.75) is 45.4 Å². The van der Waals surface area contributed by atoms with E-state index in [0.29, 0.717) is 24.6 Å². The van der Waals surface area contributed by atoms with Gasteiger partial charge >= 0.3 is 12.1 Å². The number of hydrogen-bond acceptors (Lipinski definition) is 8. The minimum Gasteiger partial charge on any atom is -0.478 e. The smallest absolute Gasteiger partial charge is 0.407 e. The zero-order valence-electron chi connectivity index (χ0n) is 22.3. The quantitative estimate of drug-likeness (QED) is 0.270. The summed E-state index contributed by atoms with van der Waals surface area (Å²) in [4.78, 5) is 53.6. The maximum Gasteiger partial charge on any atom is 0.407 e. The van der Waals surface area contributed by atoms with Crippen LogP contribution in [0.15, 0.2) is 60.9 Å². The number of rotatable bonds is 11. The van der Waals surface area contributed by atoms with Gasteiger partial charge in [0.1, 0.15) is 18.0 Å². The molecule has 0 bridgehead atoms. The molecule has 0 radical (unpaired) electrons. The molecule has 12 heteroatoms. The van der Waals surface area contributed by atoms with E-state index in [1.165, 1.54) is 12.1 Å². The molecule has 0 spiro atoms. The van der Waals surface area contributed by atoms with Crippen molar-refractivity contribution in [2.24, 2.45) is 0 Å². The van der Waals surface area contributed by atoms with Gasteiger partial charge in [-0.15, -0.1) is 5.06 Å². The fraction of sp³-hybridized carbons (Fsp3) is 0.321. The van der Waals surface area contributed by atoms with Gasteiger partial charge in [-0.05, 0) is 57.0 Å². The Morgan fingerprint density at radius 2 is 1.65 bits per heavy atom. The molecule has 12 nitrogen and oxygen atoms in total. The second kappa shape index (κ2) is 12.0. The zero-order valence-corrected chi connectivity index (χ0v) is 22.3. The van der Waals surface area contributed by atoms with E-state index < -0.39 is 42.2 Å². The molecule has 0 aliphatic carbocycles. The number of hydrogen-bond donors (Lipinski definition) is 2. The maximum absolute atomic E-state index is 12.4. The molecule has 1 aliphatic heterocycles. The second-order valence-corrected chi connectivity index (χ2v) is 9.99. The molecule has 0 fully saturated rings. The van der Waals surface area contributed by atoms with Crippen LogP contribution in [0, 0.1) is 0 Å². The van der Waals surface area contributed by atoms with E-state index in [-0.39, 0.29) is 16.9 Å². The standard InChI is InChI=1S/C28H30N4O8/c1-28(2,3)40-27(37)29-13-6-14-31-16-19(15-30-31)18-9-11-20(12-10-18)39-23(26(35)36)17-38-32-24(33)21-7-4-5-8-22(21)25(32)34/h4-5,7-12,15-16,23H,6,13-14,17H2,1-3H3,(H,29,37)(H,35,36). The monoisotopic (exact) mass is 550 g/mol. The molecule has 3 aromatic rings. The minimum atomic E-state index is -1.47. The lowest BCUT2D eigenvalue weighted by Crippen LogP contribution is -2.38. The third-order valence-electron chi connectivity index (χ3n) is 5.72. The summed E-state index contributed by atoms with van der Waals surface area (Å²) in [5.41, 5.74) is 1.51. The van der Waals surface area contributed by atoms with Crippen LogP contribution in [0.25, 0.3) is 11.1 Å². The number of amides is 3. The lowest BCUT2D eigenvalue weighted by molar-refractivity contribution is -0.157. The van der Waals surface area contributed by atoms with Crippen LogP contribution in [0.3, 0.4) is 0 Å². The fourth-order valence-electron chi connectivity index (χ4n) is 3.85. The first-order valence-electron chi connectivity index (χ1n) is 12.6. The number of alkyl carbamates (subject to hydrolysis) is 1. The molecule has 0 saturated heterocycles. The number of benzene rings is 2. The van der Waals surface area contributed by atoms with Crippen molar-refractivity contribution in [3.8, 4) is 16.9 Å². The first-order valence-corrected chi connectivity index (χ1v) is 12.6. The Morgan fingerprint density at radius 3 is 2.25 bits per heavy atom. The molecule has 40 heavy (non-hydrogen) atoms. The molecule has 4 rings (SSSR count). The summed E-state index contributed by atoms with van der Waals surface area (Å²) in [5, 5.41) is 17.2. The van der Waals surface area contributed by atoms with Gasteiger partial charge in [0, 0.05) is 24.8 Å². The highest BCUT2D eigenvalue weighted by atomic mass is 16.7. The topological polar surface area (TPSA) is 149 Å². The van der Waals surface area contributed by atoms with E-state index in [0.717, 1.165) is 11.1 Å². The fourth-order valence-corrected chi connectivity index (χ4v) is 3.85. The molecule has 2 heterocycles. The van der Waals surface area contributed by atoms with Crippen molar-refractivity contribution in [2.75, 3.05) is 13.2 Å². The van der Waals surface area contributed by atoms with Gasteiger partial charge in [0.05, 0.1) is 17.3 Å². The van der Waals surface area contributed by atoms with Crippen LogP contribution in [-0.4, -0.2) is 68.7 Å². The van der Waals surface area contributed by atoms with Gasteiger partial charge in [0.2, 0.25) is 6.10 Å². The van der Waals surface area contributed by atoms with Gasteiger partial charge in [-0.3, -0.25) is 19.1 Å². The number of carbonyl (C=O) groups excluding carboxylic acids is 3. The molecule has 0 saturated carbocycles. The summed E-state index contributed by atoms with van der Waals surface area (Å²) in [6, 6.07) is 13.0. The van der Waals surface area contributed by atoms with Crippen LogP contribution in [-0.2, 0) is 20.9 Å². The van der Waals surface area contributed by atoms with Gasteiger partial charge in [-0.2, -0.15) is 5.10 Å². The number of carboxylic acids is 1. The molecule has 1 aliphatic rings. The van der Waals surface area contributed by atoms with Crippen molar-refractivity contribution < 1.29 is 38.6 Å². The van der Waals surface area contributed by atoms with Crippen molar-refractivity contribution in [3.63, 3.8) is 0 Å². The van der Waals surface area contributed by atoms with E-state index in [1.54, 1.807) is 68.0 Å². The average Bonchev–Trinajstić information content (AvgIpc) is 3.47. The van der Waals surface area contributed by atoms with E-state index in [1.807, 2.05) is 6.20 Å². The first-order chi connectivity index (χ1) is 19.0. The Bertz CT molecular complexity index is 1360. The molecule has 210 valence electrons. The molecule has 2 N–H and O–H groups in total.